The summed E-state index contributed by atoms with van der Waals surface area (Å²) in [5.74, 6) is 0. The van der Waals surface area contributed by atoms with Crippen LogP contribution in [0.1, 0.15) is 11.1 Å². The maximum atomic E-state index is 10.7. The number of hydrogen-bond donors (Lipinski definition) is 0. The highest BCUT2D eigenvalue weighted by atomic mass is 16.6. The van der Waals surface area contributed by atoms with Gasteiger partial charge in [-0.05, 0) is 13.0 Å². The fourth-order valence-corrected chi connectivity index (χ4v) is 1.25. The first-order valence-electron chi connectivity index (χ1n) is 3.88. The lowest BCUT2D eigenvalue weighted by atomic mass is 10.1. The molecule has 0 bridgehead atoms. The van der Waals surface area contributed by atoms with E-state index in [-0.39, 0.29) is 17.2 Å². The topological polar surface area (TPSA) is 52.4 Å². The molecule has 4 heteroatoms. The number of methoxy groups -OCH3 is 1. The molecule has 0 heterocycles. The molecule has 4 nitrogen and oxygen atoms in total. The predicted molar refractivity (Wildman–Crippen MR) is 48.5 cm³/mol. The van der Waals surface area contributed by atoms with Crippen molar-refractivity contribution in [2.45, 2.75) is 13.5 Å². The Bertz CT molecular complexity index is 323. The molecule has 70 valence electrons. The molecule has 0 fully saturated rings. The molecular formula is C9H11NO3. The van der Waals surface area contributed by atoms with Gasteiger partial charge in [0.15, 0.2) is 0 Å². The number of para-hydroxylation sites is 1. The minimum Gasteiger partial charge on any atom is -0.380 e. The van der Waals surface area contributed by atoms with Crippen LogP contribution in [0.25, 0.3) is 0 Å². The van der Waals surface area contributed by atoms with E-state index in [2.05, 4.69) is 0 Å². The van der Waals surface area contributed by atoms with Crippen LogP contribution >= 0.6 is 0 Å². The van der Waals surface area contributed by atoms with Crippen LogP contribution in [0.4, 0.5) is 5.69 Å². The molecule has 1 aromatic rings. The molecule has 0 aromatic heterocycles. The summed E-state index contributed by atoms with van der Waals surface area (Å²) in [5, 5.41) is 10.7. The molecule has 13 heavy (non-hydrogen) atoms. The highest BCUT2D eigenvalue weighted by molar-refractivity contribution is 5.46. The van der Waals surface area contributed by atoms with Crippen molar-refractivity contribution in [3.05, 3.63) is 39.4 Å². The Balaban J connectivity index is 3.17. The lowest BCUT2D eigenvalue weighted by Gasteiger charge is -2.03. The highest BCUT2D eigenvalue weighted by Gasteiger charge is 2.15. The standard InChI is InChI=1S/C9H11NO3/c1-7-4-3-5-8(6-13-2)9(7)10(11)12/h3-5H,6H2,1-2H3. The van der Waals surface area contributed by atoms with Crippen molar-refractivity contribution in [3.63, 3.8) is 0 Å². The van der Waals surface area contributed by atoms with Crippen molar-refractivity contribution in [3.8, 4) is 0 Å². The van der Waals surface area contributed by atoms with Crippen LogP contribution in [-0.4, -0.2) is 12.0 Å². The van der Waals surface area contributed by atoms with Gasteiger partial charge in [0, 0.05) is 12.7 Å². The number of benzene rings is 1. The van der Waals surface area contributed by atoms with Gasteiger partial charge >= 0.3 is 0 Å². The molecule has 0 unspecified atom stereocenters. The SMILES string of the molecule is COCc1cccc(C)c1[N+](=O)[O-]. The van der Waals surface area contributed by atoms with Crippen LogP contribution in [0.5, 0.6) is 0 Å². The number of ether oxygens (including phenoxy) is 1. The van der Waals surface area contributed by atoms with Gasteiger partial charge in [0.05, 0.1) is 17.1 Å². The molecule has 0 radical (unpaired) electrons. The summed E-state index contributed by atoms with van der Waals surface area (Å²) in [7, 11) is 1.52. The van der Waals surface area contributed by atoms with Gasteiger partial charge in [0.1, 0.15) is 0 Å². The lowest BCUT2D eigenvalue weighted by Crippen LogP contribution is -1.98. The third kappa shape index (κ3) is 2.03. The Hall–Kier alpha value is -1.42. The lowest BCUT2D eigenvalue weighted by molar-refractivity contribution is -0.386. The Morgan fingerprint density at radius 2 is 2.23 bits per heavy atom. The number of aryl methyl sites for hydroxylation is 1. The van der Waals surface area contributed by atoms with Crippen molar-refractivity contribution in [2.75, 3.05) is 7.11 Å². The predicted octanol–water partition coefficient (Wildman–Crippen LogP) is 2.05. The highest BCUT2D eigenvalue weighted by Crippen LogP contribution is 2.23. The average Bonchev–Trinajstić information content (AvgIpc) is 2.04. The number of nitro groups is 1. The molecule has 0 saturated carbocycles. The van der Waals surface area contributed by atoms with Crippen LogP contribution in [0.2, 0.25) is 0 Å². The van der Waals surface area contributed by atoms with Crippen molar-refractivity contribution >= 4 is 5.69 Å². The molecule has 0 aliphatic rings. The van der Waals surface area contributed by atoms with Gasteiger partial charge in [-0.2, -0.15) is 0 Å². The van der Waals surface area contributed by atoms with Crippen molar-refractivity contribution in [1.29, 1.82) is 0 Å². The second-order valence-electron chi connectivity index (χ2n) is 2.77. The summed E-state index contributed by atoms with van der Waals surface area (Å²) in [6.07, 6.45) is 0. The largest absolute Gasteiger partial charge is 0.380 e. The normalized spacial score (nSPS) is 10.0. The molecule has 0 amide bonds. The third-order valence-electron chi connectivity index (χ3n) is 1.80. The van der Waals surface area contributed by atoms with Gasteiger partial charge < -0.3 is 4.74 Å². The van der Waals surface area contributed by atoms with Gasteiger partial charge in [0.2, 0.25) is 0 Å². The first-order chi connectivity index (χ1) is 6.16. The van der Waals surface area contributed by atoms with E-state index in [1.54, 1.807) is 25.1 Å². The Morgan fingerprint density at radius 1 is 1.54 bits per heavy atom. The summed E-state index contributed by atoms with van der Waals surface area (Å²) in [5.41, 5.74) is 1.44. The van der Waals surface area contributed by atoms with Gasteiger partial charge in [0.25, 0.3) is 5.69 Å². The van der Waals surface area contributed by atoms with E-state index in [1.165, 1.54) is 7.11 Å². The van der Waals surface area contributed by atoms with Crippen LogP contribution in [-0.2, 0) is 11.3 Å². The van der Waals surface area contributed by atoms with E-state index in [0.29, 0.717) is 11.1 Å². The maximum Gasteiger partial charge on any atom is 0.277 e. The Kier molecular flexibility index (Phi) is 2.97. The molecule has 0 atom stereocenters. The second kappa shape index (κ2) is 4.00. The zero-order valence-corrected chi connectivity index (χ0v) is 7.61. The molecular weight excluding hydrogens is 170 g/mol. The minimum absolute atomic E-state index is 0.157. The van der Waals surface area contributed by atoms with Gasteiger partial charge in [-0.15, -0.1) is 0 Å². The Labute approximate surface area is 76.3 Å². The van der Waals surface area contributed by atoms with E-state index < -0.39 is 0 Å². The van der Waals surface area contributed by atoms with E-state index in [4.69, 9.17) is 4.74 Å². The monoisotopic (exact) mass is 181 g/mol. The smallest absolute Gasteiger partial charge is 0.277 e. The number of nitro benzene ring substituents is 1. The van der Waals surface area contributed by atoms with Gasteiger partial charge in [-0.3, -0.25) is 10.1 Å². The second-order valence-corrected chi connectivity index (χ2v) is 2.77. The summed E-state index contributed by atoms with van der Waals surface area (Å²) < 4.78 is 4.87. The third-order valence-corrected chi connectivity index (χ3v) is 1.80. The maximum absolute atomic E-state index is 10.7. The molecule has 0 saturated heterocycles. The molecule has 1 rings (SSSR count). The fraction of sp³-hybridized carbons (Fsp3) is 0.333. The molecule has 0 aliphatic heterocycles. The van der Waals surface area contributed by atoms with E-state index in [1.807, 2.05) is 0 Å². The molecule has 1 aromatic carbocycles. The van der Waals surface area contributed by atoms with E-state index in [9.17, 15) is 10.1 Å². The number of nitrogens with zero attached hydrogens (tertiary/aromatic N) is 1. The summed E-state index contributed by atoms with van der Waals surface area (Å²) in [6.45, 7) is 2.00. The summed E-state index contributed by atoms with van der Waals surface area (Å²) >= 11 is 0. The summed E-state index contributed by atoms with van der Waals surface area (Å²) in [4.78, 5) is 10.3. The first kappa shape index (κ1) is 9.67. The molecule has 0 N–H and O–H groups in total. The van der Waals surface area contributed by atoms with Gasteiger partial charge in [-0.25, -0.2) is 0 Å². The molecule has 0 aliphatic carbocycles. The number of hydrogen-bond acceptors (Lipinski definition) is 3. The van der Waals surface area contributed by atoms with Crippen molar-refractivity contribution in [2.24, 2.45) is 0 Å². The van der Waals surface area contributed by atoms with Crippen LogP contribution in [0.15, 0.2) is 18.2 Å². The molecule has 0 spiro atoms. The van der Waals surface area contributed by atoms with Crippen LogP contribution in [0.3, 0.4) is 0 Å². The first-order valence-corrected chi connectivity index (χ1v) is 3.88. The van der Waals surface area contributed by atoms with E-state index in [0.717, 1.165) is 0 Å². The average molecular weight is 181 g/mol. The Morgan fingerprint density at radius 3 is 2.77 bits per heavy atom. The number of rotatable bonds is 3. The fourth-order valence-electron chi connectivity index (χ4n) is 1.25. The van der Waals surface area contributed by atoms with Crippen LogP contribution in [0, 0.1) is 17.0 Å². The zero-order valence-electron chi connectivity index (χ0n) is 7.61. The van der Waals surface area contributed by atoms with Crippen molar-refractivity contribution < 1.29 is 9.66 Å². The van der Waals surface area contributed by atoms with Crippen LogP contribution < -0.4 is 0 Å². The van der Waals surface area contributed by atoms with E-state index >= 15 is 0 Å². The minimum atomic E-state index is -0.371. The van der Waals surface area contributed by atoms with Crippen molar-refractivity contribution in [1.82, 2.24) is 0 Å². The zero-order chi connectivity index (χ0) is 9.84. The quantitative estimate of drug-likeness (QED) is 0.529. The van der Waals surface area contributed by atoms with Gasteiger partial charge in [-0.1, -0.05) is 12.1 Å². The summed E-state index contributed by atoms with van der Waals surface area (Å²) in [6, 6.07) is 5.21.